The maximum absolute atomic E-state index is 12.6. The van der Waals surface area contributed by atoms with Crippen LogP contribution < -0.4 is 15.4 Å². The molecular weight excluding hydrogens is 330 g/mol. The number of benzene rings is 1. The summed E-state index contributed by atoms with van der Waals surface area (Å²) in [6.07, 6.45) is 1.11. The van der Waals surface area contributed by atoms with Crippen LogP contribution in [0.2, 0.25) is 5.02 Å². The first-order valence-corrected chi connectivity index (χ1v) is 8.26. The Morgan fingerprint density at radius 3 is 2.50 bits per heavy atom. The summed E-state index contributed by atoms with van der Waals surface area (Å²) in [5.41, 5.74) is 0.384. The quantitative estimate of drug-likeness (QED) is 0.736. The van der Waals surface area contributed by atoms with Gasteiger partial charge in [-0.3, -0.25) is 9.59 Å². The number of ether oxygens (including phenoxy) is 1. The number of nitrogens with one attached hydrogen (secondary N) is 2. The van der Waals surface area contributed by atoms with Crippen LogP contribution in [0.15, 0.2) is 12.1 Å². The number of rotatable bonds is 7. The van der Waals surface area contributed by atoms with Crippen LogP contribution in [0.3, 0.4) is 0 Å². The highest BCUT2D eigenvalue weighted by atomic mass is 35.5. The summed E-state index contributed by atoms with van der Waals surface area (Å²) < 4.78 is 5.26. The van der Waals surface area contributed by atoms with Gasteiger partial charge in [0, 0.05) is 24.2 Å². The standard InChI is InChI=1S/C17H24ClN3O3/c1-11-9-13(14(24-4)10-12(11)18)20-16(23)17(5-6-17)15(22)19-7-8-21(2)3/h9-10H,5-8H2,1-4H3,(H,19,22)(H,20,23). The number of carbonyl (C=O) groups is 2. The molecule has 1 saturated carbocycles. The van der Waals surface area contributed by atoms with E-state index in [2.05, 4.69) is 10.6 Å². The first-order valence-electron chi connectivity index (χ1n) is 7.89. The molecule has 1 aliphatic carbocycles. The number of aryl methyl sites for hydroxylation is 1. The van der Waals surface area contributed by atoms with Crippen molar-refractivity contribution in [2.75, 3.05) is 39.6 Å². The maximum Gasteiger partial charge on any atom is 0.240 e. The average molecular weight is 354 g/mol. The normalized spacial score (nSPS) is 15.1. The third-order valence-electron chi connectivity index (χ3n) is 4.19. The molecular formula is C17H24ClN3O3. The van der Waals surface area contributed by atoms with Crippen molar-refractivity contribution in [3.05, 3.63) is 22.7 Å². The third-order valence-corrected chi connectivity index (χ3v) is 4.60. The molecule has 0 aromatic heterocycles. The zero-order valence-corrected chi connectivity index (χ0v) is 15.3. The molecule has 1 fully saturated rings. The summed E-state index contributed by atoms with van der Waals surface area (Å²) in [6, 6.07) is 3.41. The van der Waals surface area contributed by atoms with Crippen molar-refractivity contribution in [2.24, 2.45) is 5.41 Å². The molecule has 7 heteroatoms. The fraction of sp³-hybridized carbons (Fsp3) is 0.529. The van der Waals surface area contributed by atoms with Crippen LogP contribution in [0, 0.1) is 12.3 Å². The second-order valence-corrected chi connectivity index (χ2v) is 6.80. The average Bonchev–Trinajstić information content (AvgIpc) is 3.32. The number of carbonyl (C=O) groups excluding carboxylic acids is 2. The van der Waals surface area contributed by atoms with Gasteiger partial charge in [0.1, 0.15) is 11.2 Å². The second-order valence-electron chi connectivity index (χ2n) is 6.40. The van der Waals surface area contributed by atoms with Crippen molar-refractivity contribution in [2.45, 2.75) is 19.8 Å². The van der Waals surface area contributed by atoms with Crippen LogP contribution in [-0.2, 0) is 9.59 Å². The highest BCUT2D eigenvalue weighted by Gasteiger charge is 2.56. The predicted molar refractivity (Wildman–Crippen MR) is 94.6 cm³/mol. The highest BCUT2D eigenvalue weighted by Crippen LogP contribution is 2.47. The summed E-state index contributed by atoms with van der Waals surface area (Å²) in [7, 11) is 5.37. The lowest BCUT2D eigenvalue weighted by Crippen LogP contribution is -2.42. The van der Waals surface area contributed by atoms with Crippen molar-refractivity contribution < 1.29 is 14.3 Å². The number of halogens is 1. The first-order chi connectivity index (χ1) is 11.3. The number of likely N-dealkylation sites (N-methyl/N-ethyl adjacent to an activating group) is 1. The van der Waals surface area contributed by atoms with E-state index < -0.39 is 5.41 Å². The van der Waals surface area contributed by atoms with E-state index in [0.717, 1.165) is 12.1 Å². The molecule has 0 unspecified atom stereocenters. The molecule has 0 heterocycles. The Morgan fingerprint density at radius 2 is 1.96 bits per heavy atom. The summed E-state index contributed by atoms with van der Waals surface area (Å²) in [6.45, 7) is 3.09. The van der Waals surface area contributed by atoms with Gasteiger partial charge in [-0.05, 0) is 45.5 Å². The van der Waals surface area contributed by atoms with E-state index in [1.807, 2.05) is 25.9 Å². The lowest BCUT2D eigenvalue weighted by Gasteiger charge is -2.18. The molecule has 1 aromatic rings. The second kappa shape index (κ2) is 7.40. The Balaban J connectivity index is 2.07. The number of hydrogen-bond acceptors (Lipinski definition) is 4. The van der Waals surface area contributed by atoms with Crippen molar-refractivity contribution in [1.82, 2.24) is 10.2 Å². The van der Waals surface area contributed by atoms with Crippen molar-refractivity contribution in [3.8, 4) is 5.75 Å². The molecule has 6 nitrogen and oxygen atoms in total. The fourth-order valence-electron chi connectivity index (χ4n) is 2.42. The summed E-state index contributed by atoms with van der Waals surface area (Å²) >= 11 is 6.08. The number of anilines is 1. The van der Waals surface area contributed by atoms with Crippen molar-refractivity contribution in [3.63, 3.8) is 0 Å². The van der Waals surface area contributed by atoms with E-state index in [4.69, 9.17) is 16.3 Å². The van der Waals surface area contributed by atoms with Gasteiger partial charge in [0.25, 0.3) is 0 Å². The third kappa shape index (κ3) is 3.99. The van der Waals surface area contributed by atoms with Gasteiger partial charge in [0.05, 0.1) is 12.8 Å². The zero-order valence-electron chi connectivity index (χ0n) is 14.5. The number of nitrogens with zero attached hydrogens (tertiary/aromatic N) is 1. The topological polar surface area (TPSA) is 70.7 Å². The molecule has 0 spiro atoms. The summed E-state index contributed by atoms with van der Waals surface area (Å²) in [4.78, 5) is 27.0. The zero-order chi connectivity index (χ0) is 17.9. The molecule has 0 radical (unpaired) electrons. The minimum atomic E-state index is -0.967. The molecule has 0 saturated heterocycles. The Hall–Kier alpha value is -1.79. The van der Waals surface area contributed by atoms with Crippen LogP contribution in [0.25, 0.3) is 0 Å². The number of hydrogen-bond donors (Lipinski definition) is 2. The Labute approximate surface area is 147 Å². The minimum absolute atomic E-state index is 0.216. The number of methoxy groups -OCH3 is 1. The molecule has 1 aromatic carbocycles. The molecule has 0 bridgehead atoms. The van der Waals surface area contributed by atoms with E-state index in [-0.39, 0.29) is 11.8 Å². The van der Waals surface area contributed by atoms with Gasteiger partial charge in [0.15, 0.2) is 0 Å². The molecule has 1 aliphatic rings. The van der Waals surface area contributed by atoms with Crippen LogP contribution in [-0.4, -0.2) is 51.0 Å². The molecule has 2 rings (SSSR count). The van der Waals surface area contributed by atoms with E-state index >= 15 is 0 Å². The summed E-state index contributed by atoms with van der Waals surface area (Å²) in [5, 5.41) is 6.22. The van der Waals surface area contributed by atoms with Crippen LogP contribution in [0.5, 0.6) is 5.75 Å². The Bertz CT molecular complexity index is 642. The van der Waals surface area contributed by atoms with Gasteiger partial charge in [-0.2, -0.15) is 0 Å². The maximum atomic E-state index is 12.6. The molecule has 2 N–H and O–H groups in total. The van der Waals surface area contributed by atoms with Gasteiger partial charge >= 0.3 is 0 Å². The molecule has 0 aliphatic heterocycles. The molecule has 0 atom stereocenters. The van der Waals surface area contributed by atoms with Crippen molar-refractivity contribution in [1.29, 1.82) is 0 Å². The van der Waals surface area contributed by atoms with Crippen LogP contribution in [0.4, 0.5) is 5.69 Å². The smallest absolute Gasteiger partial charge is 0.240 e. The van der Waals surface area contributed by atoms with Crippen molar-refractivity contribution >= 4 is 29.1 Å². The van der Waals surface area contributed by atoms with E-state index in [1.165, 1.54) is 7.11 Å². The van der Waals surface area contributed by atoms with E-state index in [9.17, 15) is 9.59 Å². The fourth-order valence-corrected chi connectivity index (χ4v) is 2.57. The Morgan fingerprint density at radius 1 is 1.29 bits per heavy atom. The largest absolute Gasteiger partial charge is 0.495 e. The molecule has 132 valence electrons. The lowest BCUT2D eigenvalue weighted by atomic mass is 10.0. The minimum Gasteiger partial charge on any atom is -0.495 e. The first kappa shape index (κ1) is 18.5. The monoisotopic (exact) mass is 353 g/mol. The summed E-state index contributed by atoms with van der Waals surface area (Å²) in [5.74, 6) is -0.0425. The Kier molecular flexibility index (Phi) is 5.72. The molecule has 24 heavy (non-hydrogen) atoms. The highest BCUT2D eigenvalue weighted by molar-refractivity contribution is 6.31. The van der Waals surface area contributed by atoms with E-state index in [1.54, 1.807) is 12.1 Å². The van der Waals surface area contributed by atoms with Gasteiger partial charge in [-0.25, -0.2) is 0 Å². The SMILES string of the molecule is COc1cc(Cl)c(C)cc1NC(=O)C1(C(=O)NCCN(C)C)CC1. The van der Waals surface area contributed by atoms with Gasteiger partial charge in [0.2, 0.25) is 11.8 Å². The lowest BCUT2D eigenvalue weighted by molar-refractivity contribution is -0.134. The predicted octanol–water partition coefficient (Wildman–Crippen LogP) is 2.05. The van der Waals surface area contributed by atoms with Gasteiger partial charge in [-0.1, -0.05) is 11.6 Å². The molecule has 2 amide bonds. The number of amides is 2. The van der Waals surface area contributed by atoms with Crippen LogP contribution in [0.1, 0.15) is 18.4 Å². The van der Waals surface area contributed by atoms with E-state index in [0.29, 0.717) is 35.8 Å². The van der Waals surface area contributed by atoms with Gasteiger partial charge in [-0.15, -0.1) is 0 Å². The van der Waals surface area contributed by atoms with Crippen LogP contribution >= 0.6 is 11.6 Å². The van der Waals surface area contributed by atoms with Gasteiger partial charge < -0.3 is 20.3 Å².